The molecule has 1 aliphatic heterocycles. The molecule has 0 bridgehead atoms. The molecule has 1 heterocycles. The molecule has 0 saturated carbocycles. The van der Waals surface area contributed by atoms with Gasteiger partial charge in [-0.05, 0) is 57.0 Å². The lowest BCUT2D eigenvalue weighted by Gasteiger charge is -2.29. The summed E-state index contributed by atoms with van der Waals surface area (Å²) in [5.41, 5.74) is 0.974. The molecule has 0 amide bonds. The fourth-order valence-electron chi connectivity index (χ4n) is 3.37. The number of ether oxygens (including phenoxy) is 4. The molecule has 1 unspecified atom stereocenters. The van der Waals surface area contributed by atoms with Crippen molar-refractivity contribution in [2.45, 2.75) is 45.1 Å². The van der Waals surface area contributed by atoms with Crippen LogP contribution < -0.4 is 14.2 Å². The van der Waals surface area contributed by atoms with E-state index >= 15 is 0 Å². The second-order valence-electron chi connectivity index (χ2n) is 6.67. The zero-order chi connectivity index (χ0) is 18.9. The molecule has 1 saturated heterocycles. The van der Waals surface area contributed by atoms with E-state index in [-0.39, 0.29) is 12.0 Å². The molecular formula is C20H31NO5. The van der Waals surface area contributed by atoms with Gasteiger partial charge in [0.05, 0.1) is 14.2 Å². The Hall–Kier alpha value is -1.79. The van der Waals surface area contributed by atoms with Gasteiger partial charge in [-0.15, -0.1) is 0 Å². The van der Waals surface area contributed by atoms with Gasteiger partial charge in [0, 0.05) is 13.7 Å². The molecule has 0 N–H and O–H groups in total. The smallest absolute Gasteiger partial charge is 0.329 e. The van der Waals surface area contributed by atoms with Gasteiger partial charge in [0.25, 0.3) is 0 Å². The summed E-state index contributed by atoms with van der Waals surface area (Å²) in [5, 5.41) is 0. The first-order chi connectivity index (χ1) is 12.6. The number of aryl methyl sites for hydroxylation is 1. The Morgan fingerprint density at radius 2 is 1.62 bits per heavy atom. The largest absolute Gasteiger partial charge is 0.493 e. The van der Waals surface area contributed by atoms with E-state index in [1.807, 2.05) is 19.1 Å². The predicted molar refractivity (Wildman–Crippen MR) is 100 cm³/mol. The van der Waals surface area contributed by atoms with Crippen LogP contribution >= 0.6 is 0 Å². The Bertz CT molecular complexity index is 557. The van der Waals surface area contributed by atoms with E-state index in [0.717, 1.165) is 31.5 Å². The lowest BCUT2D eigenvalue weighted by atomic mass is 10.1. The molecule has 26 heavy (non-hydrogen) atoms. The molecule has 6 nitrogen and oxygen atoms in total. The van der Waals surface area contributed by atoms with Crippen LogP contribution in [0.1, 0.15) is 37.7 Å². The van der Waals surface area contributed by atoms with Gasteiger partial charge in [0.2, 0.25) is 5.75 Å². The minimum absolute atomic E-state index is 0.288. The number of carbonyl (C=O) groups excluding carboxylic acids is 1. The van der Waals surface area contributed by atoms with E-state index < -0.39 is 0 Å². The molecule has 0 radical (unpaired) electrons. The van der Waals surface area contributed by atoms with Crippen LogP contribution in [-0.2, 0) is 9.53 Å². The molecule has 0 aromatic heterocycles. The maximum absolute atomic E-state index is 13.0. The van der Waals surface area contributed by atoms with Crippen molar-refractivity contribution in [2.75, 3.05) is 41.0 Å². The minimum atomic E-state index is -0.330. The fourth-order valence-corrected chi connectivity index (χ4v) is 3.37. The van der Waals surface area contributed by atoms with Gasteiger partial charge in [0.15, 0.2) is 11.5 Å². The summed E-state index contributed by atoms with van der Waals surface area (Å²) >= 11 is 0. The van der Waals surface area contributed by atoms with E-state index in [1.165, 1.54) is 12.8 Å². The van der Waals surface area contributed by atoms with E-state index in [9.17, 15) is 4.79 Å². The summed E-state index contributed by atoms with van der Waals surface area (Å²) in [4.78, 5) is 15.2. The Kier molecular flexibility index (Phi) is 8.19. The summed E-state index contributed by atoms with van der Waals surface area (Å²) in [5.74, 6) is 1.04. The number of hydrogen-bond acceptors (Lipinski definition) is 6. The van der Waals surface area contributed by atoms with Gasteiger partial charge in [-0.3, -0.25) is 4.90 Å². The quantitative estimate of drug-likeness (QED) is 0.521. The van der Waals surface area contributed by atoms with E-state index in [0.29, 0.717) is 30.3 Å². The molecule has 6 heteroatoms. The summed E-state index contributed by atoms with van der Waals surface area (Å²) in [6.45, 7) is 4.27. The average molecular weight is 365 g/mol. The van der Waals surface area contributed by atoms with Crippen molar-refractivity contribution >= 4 is 5.97 Å². The van der Waals surface area contributed by atoms with Crippen molar-refractivity contribution < 1.29 is 23.7 Å². The number of methoxy groups -OCH3 is 3. The molecule has 0 aliphatic carbocycles. The zero-order valence-electron chi connectivity index (χ0n) is 16.4. The summed E-state index contributed by atoms with van der Waals surface area (Å²) < 4.78 is 21.8. The van der Waals surface area contributed by atoms with Crippen molar-refractivity contribution in [3.05, 3.63) is 17.7 Å². The Morgan fingerprint density at radius 1 is 1.04 bits per heavy atom. The van der Waals surface area contributed by atoms with Gasteiger partial charge in [0.1, 0.15) is 6.04 Å². The number of carbonyl (C=O) groups is 1. The van der Waals surface area contributed by atoms with Crippen LogP contribution in [0.5, 0.6) is 17.2 Å². The molecule has 1 aromatic rings. The summed E-state index contributed by atoms with van der Waals surface area (Å²) in [6.07, 6.45) is 5.23. The lowest BCUT2D eigenvalue weighted by molar-refractivity contribution is -0.141. The molecule has 2 rings (SSSR count). The van der Waals surface area contributed by atoms with Crippen LogP contribution in [0.2, 0.25) is 0 Å². The van der Waals surface area contributed by atoms with Crippen LogP contribution in [0.3, 0.4) is 0 Å². The summed E-state index contributed by atoms with van der Waals surface area (Å²) in [6, 6.07) is 3.34. The molecule has 146 valence electrons. The number of hydrogen-bond donors (Lipinski definition) is 0. The molecule has 1 fully saturated rings. The first-order valence-corrected chi connectivity index (χ1v) is 9.28. The third-order valence-corrected chi connectivity index (χ3v) is 4.76. The van der Waals surface area contributed by atoms with Crippen molar-refractivity contribution in [1.29, 1.82) is 0 Å². The second kappa shape index (κ2) is 10.4. The first kappa shape index (κ1) is 20.5. The number of esters is 1. The first-order valence-electron chi connectivity index (χ1n) is 9.28. The SMILES string of the molecule is COCCC(C(=O)Oc1c(OC)cc(C)cc1OC)N1CCCCCC1. The highest BCUT2D eigenvalue weighted by Crippen LogP contribution is 2.38. The summed E-state index contributed by atoms with van der Waals surface area (Å²) in [7, 11) is 4.77. The van der Waals surface area contributed by atoms with Gasteiger partial charge < -0.3 is 18.9 Å². The Morgan fingerprint density at radius 3 is 2.12 bits per heavy atom. The predicted octanol–water partition coefficient (Wildman–Crippen LogP) is 3.20. The average Bonchev–Trinajstić information content (AvgIpc) is 2.92. The van der Waals surface area contributed by atoms with Crippen LogP contribution in [0.25, 0.3) is 0 Å². The van der Waals surface area contributed by atoms with Crippen molar-refractivity contribution in [2.24, 2.45) is 0 Å². The monoisotopic (exact) mass is 365 g/mol. The molecule has 0 spiro atoms. The van der Waals surface area contributed by atoms with Gasteiger partial charge in [-0.2, -0.15) is 0 Å². The second-order valence-corrected chi connectivity index (χ2v) is 6.67. The zero-order valence-corrected chi connectivity index (χ0v) is 16.4. The Labute approximate surface area is 156 Å². The fraction of sp³-hybridized carbons (Fsp3) is 0.650. The van der Waals surface area contributed by atoms with Crippen molar-refractivity contribution in [3.8, 4) is 17.2 Å². The van der Waals surface area contributed by atoms with Gasteiger partial charge in [-0.1, -0.05) is 12.8 Å². The molecule has 1 aliphatic rings. The maximum atomic E-state index is 13.0. The van der Waals surface area contributed by atoms with Gasteiger partial charge >= 0.3 is 5.97 Å². The van der Waals surface area contributed by atoms with Crippen molar-refractivity contribution in [3.63, 3.8) is 0 Å². The van der Waals surface area contributed by atoms with E-state index in [2.05, 4.69) is 4.90 Å². The highest BCUT2D eigenvalue weighted by Gasteiger charge is 2.29. The molecule has 1 atom stereocenters. The third kappa shape index (κ3) is 5.35. The molecular weight excluding hydrogens is 334 g/mol. The molecule has 1 aromatic carbocycles. The Balaban J connectivity index is 2.23. The van der Waals surface area contributed by atoms with Crippen LogP contribution in [0, 0.1) is 6.92 Å². The van der Waals surface area contributed by atoms with Gasteiger partial charge in [-0.25, -0.2) is 4.79 Å². The number of nitrogens with zero attached hydrogens (tertiary/aromatic N) is 1. The van der Waals surface area contributed by atoms with Crippen LogP contribution in [0.15, 0.2) is 12.1 Å². The van der Waals surface area contributed by atoms with E-state index in [4.69, 9.17) is 18.9 Å². The van der Waals surface area contributed by atoms with Crippen molar-refractivity contribution in [1.82, 2.24) is 4.90 Å². The number of benzene rings is 1. The van der Waals surface area contributed by atoms with E-state index in [1.54, 1.807) is 21.3 Å². The van der Waals surface area contributed by atoms with Crippen LogP contribution in [0.4, 0.5) is 0 Å². The van der Waals surface area contributed by atoms with Crippen LogP contribution in [-0.4, -0.2) is 57.9 Å². The maximum Gasteiger partial charge on any atom is 0.329 e. The highest BCUT2D eigenvalue weighted by molar-refractivity contribution is 5.80. The topological polar surface area (TPSA) is 57.2 Å². The third-order valence-electron chi connectivity index (χ3n) is 4.76. The standard InChI is InChI=1S/C20H31NO5/c1-15-13-17(24-3)19(18(14-15)25-4)26-20(22)16(9-12-23-2)21-10-7-5-6-8-11-21/h13-14,16H,5-12H2,1-4H3. The number of likely N-dealkylation sites (tertiary alicyclic amines) is 1. The normalized spacial score (nSPS) is 16.6. The minimum Gasteiger partial charge on any atom is -0.493 e. The lowest BCUT2D eigenvalue weighted by Crippen LogP contribution is -2.44. The number of rotatable bonds is 8. The highest BCUT2D eigenvalue weighted by atomic mass is 16.6.